The Bertz CT molecular complexity index is 336. The van der Waals surface area contributed by atoms with E-state index in [0.29, 0.717) is 5.41 Å². The number of carbonyl (C=O) groups is 1. The van der Waals surface area contributed by atoms with Gasteiger partial charge in [0.25, 0.3) is 0 Å². The van der Waals surface area contributed by atoms with Crippen molar-refractivity contribution in [2.45, 2.75) is 57.5 Å². The molecule has 18 heavy (non-hydrogen) atoms. The van der Waals surface area contributed by atoms with Gasteiger partial charge >= 0.3 is 5.97 Å². The summed E-state index contributed by atoms with van der Waals surface area (Å²) < 4.78 is 10.7. The van der Waals surface area contributed by atoms with Crippen LogP contribution in [0.15, 0.2) is 0 Å². The highest BCUT2D eigenvalue weighted by atomic mass is 16.6. The van der Waals surface area contributed by atoms with Crippen molar-refractivity contribution in [1.29, 1.82) is 0 Å². The lowest BCUT2D eigenvalue weighted by atomic mass is 9.47. The molecule has 4 aliphatic carbocycles. The second-order valence-electron chi connectivity index (χ2n) is 6.86. The monoisotopic (exact) mass is 252 g/mol. The molecule has 0 aromatic rings. The fourth-order valence-electron chi connectivity index (χ4n) is 5.22. The SMILES string of the molecule is CCC12CC3CC(C1)CC(OCC(=O)OC)(C3)C2. The second kappa shape index (κ2) is 4.22. The van der Waals surface area contributed by atoms with Crippen molar-refractivity contribution in [3.8, 4) is 0 Å². The molecule has 4 aliphatic rings. The Morgan fingerprint density at radius 3 is 2.44 bits per heavy atom. The lowest BCUT2D eigenvalue weighted by Gasteiger charge is -2.61. The highest BCUT2D eigenvalue weighted by molar-refractivity contribution is 5.70. The minimum Gasteiger partial charge on any atom is -0.467 e. The quantitative estimate of drug-likeness (QED) is 0.722. The Kier molecular flexibility index (Phi) is 2.92. The van der Waals surface area contributed by atoms with Crippen LogP contribution in [0, 0.1) is 17.3 Å². The average molecular weight is 252 g/mol. The standard InChI is InChI=1S/C15H24O3/c1-3-14-5-11-4-12(6-14)8-15(7-11,10-14)18-9-13(16)17-2/h11-12H,3-10H2,1-2H3. The van der Waals surface area contributed by atoms with Crippen LogP contribution in [0.3, 0.4) is 0 Å². The normalized spacial score (nSPS) is 45.2. The summed E-state index contributed by atoms with van der Waals surface area (Å²) in [5, 5.41) is 0. The van der Waals surface area contributed by atoms with Crippen LogP contribution in [-0.4, -0.2) is 25.3 Å². The molecule has 0 heterocycles. The predicted octanol–water partition coefficient (Wildman–Crippen LogP) is 2.93. The molecule has 0 N–H and O–H groups in total. The smallest absolute Gasteiger partial charge is 0.331 e. The molecule has 2 unspecified atom stereocenters. The number of esters is 1. The molecule has 4 saturated carbocycles. The van der Waals surface area contributed by atoms with Gasteiger partial charge in [-0.2, -0.15) is 0 Å². The third-order valence-electron chi connectivity index (χ3n) is 5.60. The zero-order chi connectivity index (χ0) is 12.8. The lowest BCUT2D eigenvalue weighted by molar-refractivity contribution is -0.201. The van der Waals surface area contributed by atoms with Crippen LogP contribution in [0.5, 0.6) is 0 Å². The van der Waals surface area contributed by atoms with Gasteiger partial charge in [0, 0.05) is 0 Å². The van der Waals surface area contributed by atoms with Crippen LogP contribution in [-0.2, 0) is 14.3 Å². The molecule has 3 nitrogen and oxygen atoms in total. The van der Waals surface area contributed by atoms with Gasteiger partial charge in [-0.25, -0.2) is 4.79 Å². The number of carbonyl (C=O) groups excluding carboxylic acids is 1. The first-order valence-electron chi connectivity index (χ1n) is 7.29. The van der Waals surface area contributed by atoms with Gasteiger partial charge in [-0.1, -0.05) is 13.3 Å². The van der Waals surface area contributed by atoms with Gasteiger partial charge in [0.05, 0.1) is 12.7 Å². The van der Waals surface area contributed by atoms with Crippen molar-refractivity contribution in [2.75, 3.05) is 13.7 Å². The van der Waals surface area contributed by atoms with E-state index < -0.39 is 0 Å². The van der Waals surface area contributed by atoms with Gasteiger partial charge in [-0.15, -0.1) is 0 Å². The average Bonchev–Trinajstić information content (AvgIpc) is 2.34. The largest absolute Gasteiger partial charge is 0.467 e. The second-order valence-corrected chi connectivity index (χ2v) is 6.86. The molecule has 0 saturated heterocycles. The highest BCUT2D eigenvalue weighted by Gasteiger charge is 2.57. The van der Waals surface area contributed by atoms with Crippen molar-refractivity contribution >= 4 is 5.97 Å². The summed E-state index contributed by atoms with van der Waals surface area (Å²) >= 11 is 0. The molecule has 4 rings (SSSR count). The Morgan fingerprint density at radius 2 is 1.89 bits per heavy atom. The molecule has 2 atom stereocenters. The molecular weight excluding hydrogens is 228 g/mol. The van der Waals surface area contributed by atoms with E-state index >= 15 is 0 Å². The topological polar surface area (TPSA) is 35.5 Å². The summed E-state index contributed by atoms with van der Waals surface area (Å²) in [5.41, 5.74) is 0.508. The van der Waals surface area contributed by atoms with Gasteiger partial charge < -0.3 is 9.47 Å². The maximum absolute atomic E-state index is 11.3. The minimum atomic E-state index is -0.240. The Morgan fingerprint density at radius 1 is 1.22 bits per heavy atom. The third kappa shape index (κ3) is 1.97. The van der Waals surface area contributed by atoms with Gasteiger partial charge in [0.2, 0.25) is 0 Å². The summed E-state index contributed by atoms with van der Waals surface area (Å²) in [6.07, 6.45) is 8.95. The van der Waals surface area contributed by atoms with E-state index in [1.54, 1.807) is 0 Å². The fourth-order valence-corrected chi connectivity index (χ4v) is 5.22. The van der Waals surface area contributed by atoms with Crippen LogP contribution >= 0.6 is 0 Å². The van der Waals surface area contributed by atoms with Crippen molar-refractivity contribution in [1.82, 2.24) is 0 Å². The first kappa shape index (κ1) is 12.5. The van der Waals surface area contributed by atoms with Crippen molar-refractivity contribution in [2.24, 2.45) is 17.3 Å². The number of hydrogen-bond acceptors (Lipinski definition) is 3. The number of methoxy groups -OCH3 is 1. The molecule has 0 aromatic carbocycles. The minimum absolute atomic E-state index is 0.00567. The molecular formula is C15H24O3. The number of ether oxygens (including phenoxy) is 2. The van der Waals surface area contributed by atoms with Crippen LogP contribution < -0.4 is 0 Å². The summed E-state index contributed by atoms with van der Waals surface area (Å²) in [6, 6.07) is 0. The molecule has 0 aliphatic heterocycles. The predicted molar refractivity (Wildman–Crippen MR) is 68.1 cm³/mol. The van der Waals surface area contributed by atoms with Crippen molar-refractivity contribution in [3.05, 3.63) is 0 Å². The van der Waals surface area contributed by atoms with Crippen molar-refractivity contribution in [3.63, 3.8) is 0 Å². The van der Waals surface area contributed by atoms with Gasteiger partial charge in [-0.05, 0) is 55.8 Å². The molecule has 0 aromatic heterocycles. The fraction of sp³-hybridized carbons (Fsp3) is 0.933. The Balaban J connectivity index is 1.74. The van der Waals surface area contributed by atoms with Crippen LogP contribution in [0.4, 0.5) is 0 Å². The molecule has 102 valence electrons. The molecule has 4 bridgehead atoms. The number of hydrogen-bond donors (Lipinski definition) is 0. The molecule has 0 spiro atoms. The zero-order valence-corrected chi connectivity index (χ0v) is 11.5. The van der Waals surface area contributed by atoms with E-state index in [9.17, 15) is 4.79 Å². The maximum Gasteiger partial charge on any atom is 0.331 e. The van der Waals surface area contributed by atoms with Gasteiger partial charge in [-0.3, -0.25) is 0 Å². The molecule has 4 fully saturated rings. The number of rotatable bonds is 4. The third-order valence-corrected chi connectivity index (χ3v) is 5.60. The van der Waals surface area contributed by atoms with Crippen LogP contribution in [0.2, 0.25) is 0 Å². The molecule has 0 radical (unpaired) electrons. The first-order valence-corrected chi connectivity index (χ1v) is 7.29. The maximum atomic E-state index is 11.3. The Hall–Kier alpha value is -0.570. The van der Waals surface area contributed by atoms with Crippen LogP contribution in [0.1, 0.15) is 51.9 Å². The first-order chi connectivity index (χ1) is 8.59. The summed E-state index contributed by atoms with van der Waals surface area (Å²) in [6.45, 7) is 2.46. The van der Waals surface area contributed by atoms with Crippen molar-refractivity contribution < 1.29 is 14.3 Å². The van der Waals surface area contributed by atoms with E-state index in [4.69, 9.17) is 9.47 Å². The van der Waals surface area contributed by atoms with E-state index in [2.05, 4.69) is 6.92 Å². The summed E-state index contributed by atoms with van der Waals surface area (Å²) in [4.78, 5) is 11.3. The zero-order valence-electron chi connectivity index (χ0n) is 11.5. The van der Waals surface area contributed by atoms with Gasteiger partial charge in [0.15, 0.2) is 0 Å². The van der Waals surface area contributed by atoms with E-state index in [1.807, 2.05) is 0 Å². The van der Waals surface area contributed by atoms with Crippen LogP contribution in [0.25, 0.3) is 0 Å². The van der Waals surface area contributed by atoms with E-state index in [-0.39, 0.29) is 18.2 Å². The van der Waals surface area contributed by atoms with E-state index in [0.717, 1.165) is 11.8 Å². The summed E-state index contributed by atoms with van der Waals surface area (Å²) in [7, 11) is 1.43. The Labute approximate surface area is 109 Å². The molecule has 3 heteroatoms. The van der Waals surface area contributed by atoms with E-state index in [1.165, 1.54) is 52.1 Å². The summed E-state index contributed by atoms with van der Waals surface area (Å²) in [5.74, 6) is 1.43. The van der Waals surface area contributed by atoms with Gasteiger partial charge in [0.1, 0.15) is 6.61 Å². The lowest BCUT2D eigenvalue weighted by Crippen LogP contribution is -2.57. The highest BCUT2D eigenvalue weighted by Crippen LogP contribution is 2.63. The molecule has 0 amide bonds.